The van der Waals surface area contributed by atoms with Crippen molar-refractivity contribution in [2.75, 3.05) is 6.61 Å². The van der Waals surface area contributed by atoms with E-state index in [0.717, 1.165) is 4.47 Å². The molecule has 0 fully saturated rings. The second kappa shape index (κ2) is 4.01. The van der Waals surface area contributed by atoms with Crippen molar-refractivity contribution >= 4 is 37.4 Å². The number of aliphatic hydroxyl groups excluding tert-OH is 1. The van der Waals surface area contributed by atoms with E-state index in [2.05, 4.69) is 27.4 Å². The van der Waals surface area contributed by atoms with Crippen molar-refractivity contribution in [2.24, 2.45) is 0 Å². The van der Waals surface area contributed by atoms with Crippen molar-refractivity contribution in [3.05, 3.63) is 33.6 Å². The molecule has 1 atom stereocenters. The van der Waals surface area contributed by atoms with Gasteiger partial charge in [0.25, 0.3) is 0 Å². The van der Waals surface area contributed by atoms with Gasteiger partial charge in [-0.05, 0) is 23.1 Å². The summed E-state index contributed by atoms with van der Waals surface area (Å²) in [4.78, 5) is 0. The van der Waals surface area contributed by atoms with E-state index in [1.54, 1.807) is 11.3 Å². The molecule has 0 amide bonds. The Bertz CT molecular complexity index is 449. The van der Waals surface area contributed by atoms with Crippen molar-refractivity contribution in [3.63, 3.8) is 0 Å². The van der Waals surface area contributed by atoms with Gasteiger partial charge in [-0.15, -0.1) is 11.3 Å². The predicted octanol–water partition coefficient (Wildman–Crippen LogP) is 3.76. The Kier molecular flexibility index (Phi) is 2.91. The molecular weight excluding hydrogens is 260 g/mol. The molecule has 3 heteroatoms. The summed E-state index contributed by atoms with van der Waals surface area (Å²) >= 11 is 5.28. The SMILES string of the molecule is CC(CO)c1csc2cccc(Br)c12. The number of hydrogen-bond acceptors (Lipinski definition) is 2. The molecule has 14 heavy (non-hydrogen) atoms. The van der Waals surface area contributed by atoms with Crippen molar-refractivity contribution < 1.29 is 5.11 Å². The lowest BCUT2D eigenvalue weighted by Crippen LogP contribution is -1.97. The van der Waals surface area contributed by atoms with E-state index in [9.17, 15) is 0 Å². The zero-order valence-corrected chi connectivity index (χ0v) is 10.2. The molecule has 1 heterocycles. The first kappa shape index (κ1) is 10.1. The highest BCUT2D eigenvalue weighted by molar-refractivity contribution is 9.10. The van der Waals surface area contributed by atoms with Crippen molar-refractivity contribution in [1.29, 1.82) is 0 Å². The van der Waals surface area contributed by atoms with E-state index in [-0.39, 0.29) is 12.5 Å². The third-order valence-electron chi connectivity index (χ3n) is 2.38. The van der Waals surface area contributed by atoms with E-state index < -0.39 is 0 Å². The highest BCUT2D eigenvalue weighted by Crippen LogP contribution is 2.35. The molecule has 2 aromatic rings. The van der Waals surface area contributed by atoms with Crippen molar-refractivity contribution in [1.82, 2.24) is 0 Å². The zero-order valence-electron chi connectivity index (χ0n) is 7.83. The van der Waals surface area contributed by atoms with Gasteiger partial charge >= 0.3 is 0 Å². The van der Waals surface area contributed by atoms with Gasteiger partial charge in [0.05, 0.1) is 0 Å². The zero-order chi connectivity index (χ0) is 10.1. The maximum absolute atomic E-state index is 9.15. The third-order valence-corrected chi connectivity index (χ3v) is 4.01. The molecule has 1 N–H and O–H groups in total. The van der Waals surface area contributed by atoms with Crippen LogP contribution in [0.3, 0.4) is 0 Å². The first-order chi connectivity index (χ1) is 6.74. The molecule has 0 saturated heterocycles. The Morgan fingerprint density at radius 1 is 1.50 bits per heavy atom. The number of fused-ring (bicyclic) bond motifs is 1. The summed E-state index contributed by atoms with van der Waals surface area (Å²) in [6.45, 7) is 2.24. The smallest absolute Gasteiger partial charge is 0.0497 e. The molecule has 1 nitrogen and oxygen atoms in total. The van der Waals surface area contributed by atoms with Gasteiger partial charge in [0.1, 0.15) is 0 Å². The standard InChI is InChI=1S/C11H11BrOS/c1-7(5-13)8-6-14-10-4-2-3-9(12)11(8)10/h2-4,6-7,13H,5H2,1H3. The first-order valence-corrected chi connectivity index (χ1v) is 6.17. The van der Waals surface area contributed by atoms with Gasteiger partial charge < -0.3 is 5.11 Å². The lowest BCUT2D eigenvalue weighted by molar-refractivity contribution is 0.274. The fraction of sp³-hybridized carbons (Fsp3) is 0.273. The molecule has 0 radical (unpaired) electrons. The number of aliphatic hydroxyl groups is 1. The topological polar surface area (TPSA) is 20.2 Å². The van der Waals surface area contributed by atoms with Gasteiger partial charge in [-0.3, -0.25) is 0 Å². The quantitative estimate of drug-likeness (QED) is 0.881. The van der Waals surface area contributed by atoms with Gasteiger partial charge in [0.15, 0.2) is 0 Å². The third kappa shape index (κ3) is 1.60. The van der Waals surface area contributed by atoms with Crippen LogP contribution in [0.1, 0.15) is 18.4 Å². The Labute approximate surface area is 95.5 Å². The highest BCUT2D eigenvalue weighted by Gasteiger charge is 2.12. The summed E-state index contributed by atoms with van der Waals surface area (Å²) in [7, 11) is 0. The second-order valence-electron chi connectivity index (χ2n) is 3.39. The molecule has 1 aromatic carbocycles. The number of rotatable bonds is 2. The van der Waals surface area contributed by atoms with Gasteiger partial charge in [-0.2, -0.15) is 0 Å². The summed E-state index contributed by atoms with van der Waals surface area (Å²) in [5.41, 5.74) is 1.24. The van der Waals surface area contributed by atoms with Crippen LogP contribution in [0.4, 0.5) is 0 Å². The first-order valence-electron chi connectivity index (χ1n) is 4.50. The van der Waals surface area contributed by atoms with Gasteiger partial charge in [0, 0.05) is 27.1 Å². The number of hydrogen-bond donors (Lipinski definition) is 1. The molecule has 2 rings (SSSR count). The Morgan fingerprint density at radius 3 is 3.00 bits per heavy atom. The largest absolute Gasteiger partial charge is 0.396 e. The minimum absolute atomic E-state index is 0.202. The van der Waals surface area contributed by atoms with E-state index in [1.807, 2.05) is 19.1 Å². The Balaban J connectivity index is 2.67. The minimum Gasteiger partial charge on any atom is -0.396 e. The summed E-state index contributed by atoms with van der Waals surface area (Å²) in [5.74, 6) is 0.211. The molecular formula is C11H11BrOS. The van der Waals surface area contributed by atoms with Crippen LogP contribution >= 0.6 is 27.3 Å². The Hall–Kier alpha value is -0.380. The molecule has 1 aromatic heterocycles. The van der Waals surface area contributed by atoms with E-state index in [0.29, 0.717) is 0 Å². The molecule has 0 bridgehead atoms. The minimum atomic E-state index is 0.202. The number of halogens is 1. The van der Waals surface area contributed by atoms with Crippen molar-refractivity contribution in [2.45, 2.75) is 12.8 Å². The van der Waals surface area contributed by atoms with Crippen LogP contribution in [0, 0.1) is 0 Å². The van der Waals surface area contributed by atoms with Crippen LogP contribution in [-0.2, 0) is 0 Å². The van der Waals surface area contributed by atoms with Crippen molar-refractivity contribution in [3.8, 4) is 0 Å². The maximum atomic E-state index is 9.15. The van der Waals surface area contributed by atoms with E-state index >= 15 is 0 Å². The highest BCUT2D eigenvalue weighted by atomic mass is 79.9. The van der Waals surface area contributed by atoms with Crippen LogP contribution in [0.5, 0.6) is 0 Å². The summed E-state index contributed by atoms with van der Waals surface area (Å²) in [6.07, 6.45) is 0. The number of thiophene rings is 1. The molecule has 0 saturated carbocycles. The molecule has 0 spiro atoms. The van der Waals surface area contributed by atoms with Gasteiger partial charge in [0.2, 0.25) is 0 Å². The van der Waals surface area contributed by atoms with Crippen LogP contribution < -0.4 is 0 Å². The normalized spacial score (nSPS) is 13.4. The van der Waals surface area contributed by atoms with Gasteiger partial charge in [-0.1, -0.05) is 28.9 Å². The second-order valence-corrected chi connectivity index (χ2v) is 5.15. The lowest BCUT2D eigenvalue weighted by Gasteiger charge is -2.06. The van der Waals surface area contributed by atoms with Gasteiger partial charge in [-0.25, -0.2) is 0 Å². The van der Waals surface area contributed by atoms with Crippen LogP contribution in [0.15, 0.2) is 28.1 Å². The molecule has 74 valence electrons. The summed E-state index contributed by atoms with van der Waals surface area (Å²) in [6, 6.07) is 6.19. The molecule has 0 aliphatic carbocycles. The molecule has 0 aliphatic rings. The predicted molar refractivity (Wildman–Crippen MR) is 65.0 cm³/mol. The number of benzene rings is 1. The van der Waals surface area contributed by atoms with Crippen LogP contribution in [0.25, 0.3) is 10.1 Å². The van der Waals surface area contributed by atoms with E-state index in [4.69, 9.17) is 5.11 Å². The average molecular weight is 271 g/mol. The average Bonchev–Trinajstić information content (AvgIpc) is 2.62. The lowest BCUT2D eigenvalue weighted by atomic mass is 10.0. The Morgan fingerprint density at radius 2 is 2.29 bits per heavy atom. The maximum Gasteiger partial charge on any atom is 0.0497 e. The summed E-state index contributed by atoms with van der Waals surface area (Å²) in [5, 5.41) is 12.5. The summed E-state index contributed by atoms with van der Waals surface area (Å²) < 4.78 is 2.39. The fourth-order valence-electron chi connectivity index (χ4n) is 1.53. The fourth-order valence-corrected chi connectivity index (χ4v) is 3.36. The van der Waals surface area contributed by atoms with E-state index in [1.165, 1.54) is 15.6 Å². The molecule has 1 unspecified atom stereocenters. The molecule has 0 aliphatic heterocycles. The van der Waals surface area contributed by atoms with Crippen LogP contribution in [-0.4, -0.2) is 11.7 Å². The van der Waals surface area contributed by atoms with Crippen LogP contribution in [0.2, 0.25) is 0 Å². The monoisotopic (exact) mass is 270 g/mol.